The van der Waals surface area contributed by atoms with Crippen molar-refractivity contribution >= 4 is 21.9 Å². The first-order chi connectivity index (χ1) is 12.7. The van der Waals surface area contributed by atoms with E-state index in [2.05, 4.69) is 0 Å². The van der Waals surface area contributed by atoms with Gasteiger partial charge in [-0.2, -0.15) is 4.31 Å². The molecule has 10 heteroatoms. The van der Waals surface area contributed by atoms with Crippen LogP contribution < -0.4 is 0 Å². The molecule has 148 valence electrons. The van der Waals surface area contributed by atoms with E-state index < -0.39 is 45.0 Å². The number of amides is 1. The number of esters is 1. The van der Waals surface area contributed by atoms with Gasteiger partial charge in [0.25, 0.3) is 5.91 Å². The Hall–Kier alpha value is -2.07. The average molecular weight is 402 g/mol. The summed E-state index contributed by atoms with van der Waals surface area (Å²) in [5.41, 5.74) is 0. The van der Waals surface area contributed by atoms with E-state index in [1.54, 1.807) is 0 Å². The van der Waals surface area contributed by atoms with Crippen LogP contribution in [0.2, 0.25) is 0 Å². The summed E-state index contributed by atoms with van der Waals surface area (Å²) in [7, 11) is -4.35. The number of piperazine rings is 1. The molecule has 1 aromatic rings. The molecular weight excluding hydrogens is 382 g/mol. The summed E-state index contributed by atoms with van der Waals surface area (Å²) in [6.07, 6.45) is 0.760. The fourth-order valence-corrected chi connectivity index (χ4v) is 4.55. The van der Waals surface area contributed by atoms with Crippen molar-refractivity contribution in [2.45, 2.75) is 18.2 Å². The third-order valence-electron chi connectivity index (χ3n) is 4.86. The molecule has 1 amide bonds. The Labute approximate surface area is 155 Å². The van der Waals surface area contributed by atoms with E-state index in [1.807, 2.05) is 6.92 Å². The van der Waals surface area contributed by atoms with Gasteiger partial charge in [-0.3, -0.25) is 9.59 Å². The third kappa shape index (κ3) is 4.11. The highest BCUT2D eigenvalue weighted by Crippen LogP contribution is 2.38. The molecule has 1 saturated carbocycles. The van der Waals surface area contributed by atoms with Crippen LogP contribution in [-0.2, 0) is 24.3 Å². The first-order valence-corrected chi connectivity index (χ1v) is 10.0. The van der Waals surface area contributed by atoms with Gasteiger partial charge in [0.2, 0.25) is 10.0 Å². The Balaban J connectivity index is 1.56. The zero-order valence-corrected chi connectivity index (χ0v) is 15.5. The standard InChI is InChI=1S/C17H20F2N2O5S/c1-11-9-12(11)17(23)26-10-15(22)20-5-7-21(8-6-20)27(24,25)16-13(18)3-2-4-14(16)19/h2-4,11-12H,5-10H2,1H3/t11-,12-/m1/s1. The molecule has 0 bridgehead atoms. The van der Waals surface area contributed by atoms with Crippen LogP contribution >= 0.6 is 0 Å². The zero-order valence-electron chi connectivity index (χ0n) is 14.7. The maximum Gasteiger partial charge on any atom is 0.309 e. The van der Waals surface area contributed by atoms with Crippen LogP contribution in [0, 0.1) is 23.5 Å². The maximum atomic E-state index is 13.8. The predicted molar refractivity (Wildman–Crippen MR) is 89.9 cm³/mol. The Morgan fingerprint density at radius 3 is 2.22 bits per heavy atom. The summed E-state index contributed by atoms with van der Waals surface area (Å²) in [6, 6.07) is 2.85. The summed E-state index contributed by atoms with van der Waals surface area (Å²) >= 11 is 0. The van der Waals surface area contributed by atoms with E-state index in [0.29, 0.717) is 0 Å². The molecule has 7 nitrogen and oxygen atoms in total. The molecule has 0 radical (unpaired) electrons. The highest BCUT2D eigenvalue weighted by atomic mass is 32.2. The fourth-order valence-electron chi connectivity index (χ4n) is 3.02. The van der Waals surface area contributed by atoms with E-state index in [1.165, 1.54) is 4.90 Å². The van der Waals surface area contributed by atoms with Crippen molar-refractivity contribution in [3.05, 3.63) is 29.8 Å². The van der Waals surface area contributed by atoms with Crippen molar-refractivity contribution in [1.29, 1.82) is 0 Å². The highest BCUT2D eigenvalue weighted by molar-refractivity contribution is 7.89. The van der Waals surface area contributed by atoms with Gasteiger partial charge >= 0.3 is 5.97 Å². The zero-order chi connectivity index (χ0) is 19.8. The first kappa shape index (κ1) is 19.7. The lowest BCUT2D eigenvalue weighted by molar-refractivity contribution is -0.153. The monoisotopic (exact) mass is 402 g/mol. The van der Waals surface area contributed by atoms with Gasteiger partial charge in [0.05, 0.1) is 5.92 Å². The van der Waals surface area contributed by atoms with Gasteiger partial charge in [-0.15, -0.1) is 0 Å². The summed E-state index contributed by atoms with van der Waals surface area (Å²) in [5, 5.41) is 0. The van der Waals surface area contributed by atoms with Crippen LogP contribution in [0.1, 0.15) is 13.3 Å². The molecule has 27 heavy (non-hydrogen) atoms. The number of nitrogens with zero attached hydrogens (tertiary/aromatic N) is 2. The smallest absolute Gasteiger partial charge is 0.309 e. The molecule has 0 unspecified atom stereocenters. The molecule has 2 atom stereocenters. The lowest BCUT2D eigenvalue weighted by Crippen LogP contribution is -2.51. The van der Waals surface area contributed by atoms with Crippen molar-refractivity contribution in [2.24, 2.45) is 11.8 Å². The minimum absolute atomic E-state index is 0.0471. The number of halogens is 2. The van der Waals surface area contributed by atoms with Gasteiger partial charge in [0.15, 0.2) is 11.5 Å². The molecular formula is C17H20F2N2O5S. The molecule has 1 aromatic carbocycles. The molecule has 1 aliphatic carbocycles. The van der Waals surface area contributed by atoms with Gasteiger partial charge in [-0.05, 0) is 24.5 Å². The van der Waals surface area contributed by atoms with Gasteiger partial charge < -0.3 is 9.64 Å². The molecule has 3 rings (SSSR count). The second-order valence-electron chi connectivity index (χ2n) is 6.76. The van der Waals surface area contributed by atoms with E-state index in [9.17, 15) is 26.8 Å². The molecule has 1 heterocycles. The normalized spacial score (nSPS) is 23.1. The van der Waals surface area contributed by atoms with Crippen LogP contribution in [0.3, 0.4) is 0 Å². The average Bonchev–Trinajstić information content (AvgIpc) is 3.36. The number of hydrogen-bond donors (Lipinski definition) is 0. The summed E-state index contributed by atoms with van der Waals surface area (Å²) in [4.78, 5) is 24.2. The quantitative estimate of drug-likeness (QED) is 0.686. The van der Waals surface area contributed by atoms with Crippen LogP contribution in [0.15, 0.2) is 23.1 Å². The fraction of sp³-hybridized carbons (Fsp3) is 0.529. The number of benzene rings is 1. The number of hydrogen-bond acceptors (Lipinski definition) is 5. The van der Waals surface area contributed by atoms with Crippen molar-refractivity contribution in [3.63, 3.8) is 0 Å². The summed E-state index contributed by atoms with van der Waals surface area (Å²) in [6.45, 7) is 1.42. The van der Waals surface area contributed by atoms with Crippen LogP contribution in [0.25, 0.3) is 0 Å². The van der Waals surface area contributed by atoms with E-state index in [0.717, 1.165) is 28.9 Å². The summed E-state index contributed by atoms with van der Waals surface area (Å²) in [5.74, 6) is -3.00. The SMILES string of the molecule is C[C@@H]1C[C@H]1C(=O)OCC(=O)N1CCN(S(=O)(=O)c2c(F)cccc2F)CC1. The van der Waals surface area contributed by atoms with Gasteiger partial charge in [-0.25, -0.2) is 17.2 Å². The van der Waals surface area contributed by atoms with E-state index in [4.69, 9.17) is 4.74 Å². The second-order valence-corrected chi connectivity index (χ2v) is 8.64. The number of carbonyl (C=O) groups excluding carboxylic acids is 2. The largest absolute Gasteiger partial charge is 0.455 e. The predicted octanol–water partition coefficient (Wildman–Crippen LogP) is 0.997. The van der Waals surface area contributed by atoms with Gasteiger partial charge in [0, 0.05) is 26.2 Å². The van der Waals surface area contributed by atoms with Crippen LogP contribution in [-0.4, -0.2) is 62.3 Å². The number of carbonyl (C=O) groups is 2. The Bertz CT molecular complexity index is 833. The molecule has 0 N–H and O–H groups in total. The van der Waals surface area contributed by atoms with Gasteiger partial charge in [0.1, 0.15) is 11.6 Å². The van der Waals surface area contributed by atoms with Crippen molar-refractivity contribution in [2.75, 3.05) is 32.8 Å². The minimum Gasteiger partial charge on any atom is -0.455 e. The van der Waals surface area contributed by atoms with Crippen molar-refractivity contribution < 1.29 is 31.5 Å². The van der Waals surface area contributed by atoms with E-state index in [-0.39, 0.29) is 38.0 Å². The molecule has 0 aromatic heterocycles. The third-order valence-corrected chi connectivity index (χ3v) is 6.81. The summed E-state index contributed by atoms with van der Waals surface area (Å²) < 4.78 is 58.6. The topological polar surface area (TPSA) is 84.0 Å². The lowest BCUT2D eigenvalue weighted by Gasteiger charge is -2.33. The second kappa shape index (κ2) is 7.51. The van der Waals surface area contributed by atoms with Crippen LogP contribution in [0.5, 0.6) is 0 Å². The highest BCUT2D eigenvalue weighted by Gasteiger charge is 2.41. The molecule has 0 spiro atoms. The lowest BCUT2D eigenvalue weighted by atomic mass is 10.3. The molecule has 1 aliphatic heterocycles. The van der Waals surface area contributed by atoms with Crippen LogP contribution in [0.4, 0.5) is 8.78 Å². The van der Waals surface area contributed by atoms with Crippen molar-refractivity contribution in [1.82, 2.24) is 9.21 Å². The Morgan fingerprint density at radius 2 is 1.70 bits per heavy atom. The molecule has 2 fully saturated rings. The Morgan fingerprint density at radius 1 is 1.15 bits per heavy atom. The first-order valence-electron chi connectivity index (χ1n) is 8.60. The number of rotatable bonds is 5. The minimum atomic E-state index is -4.35. The van der Waals surface area contributed by atoms with Crippen molar-refractivity contribution in [3.8, 4) is 0 Å². The Kier molecular flexibility index (Phi) is 5.48. The number of ether oxygens (including phenoxy) is 1. The maximum absolute atomic E-state index is 13.8. The van der Waals surface area contributed by atoms with Gasteiger partial charge in [-0.1, -0.05) is 13.0 Å². The number of sulfonamides is 1. The molecule has 2 aliphatic rings. The van der Waals surface area contributed by atoms with E-state index >= 15 is 0 Å². The molecule has 1 saturated heterocycles.